The minimum Gasteiger partial charge on any atom is -0.504 e. The molecule has 0 aromatic heterocycles. The maximum atomic E-state index is 11.7. The van der Waals surface area contributed by atoms with Crippen LogP contribution in [0.1, 0.15) is 87.2 Å². The van der Waals surface area contributed by atoms with Crippen molar-refractivity contribution < 1.29 is 49.6 Å². The van der Waals surface area contributed by atoms with Gasteiger partial charge in [-0.15, -0.1) is 0 Å². The van der Waals surface area contributed by atoms with Crippen molar-refractivity contribution in [3.8, 4) is 28.7 Å². The molecular formula is C40H63NO10S2. The smallest absolute Gasteiger partial charge is 0.200 e. The Labute approximate surface area is 323 Å². The number of aryl methyl sites for hydroxylation is 1. The van der Waals surface area contributed by atoms with Crippen LogP contribution in [0.15, 0.2) is 24.3 Å². The average molecular weight is 782 g/mol. The van der Waals surface area contributed by atoms with Crippen molar-refractivity contribution in [2.75, 3.05) is 47.0 Å². The average Bonchev–Trinajstić information content (AvgIpc) is 3.14. The van der Waals surface area contributed by atoms with Gasteiger partial charge in [0.1, 0.15) is 6.79 Å². The highest BCUT2D eigenvalue weighted by Crippen LogP contribution is 2.47. The molecule has 13 heteroatoms. The van der Waals surface area contributed by atoms with Gasteiger partial charge in [0.2, 0.25) is 5.75 Å². The Morgan fingerprint density at radius 2 is 1.60 bits per heavy atom. The van der Waals surface area contributed by atoms with Crippen LogP contribution in [0, 0.1) is 23.7 Å². The summed E-state index contributed by atoms with van der Waals surface area (Å²) in [6.07, 6.45) is 4.59. The topological polar surface area (TPSA) is 170 Å². The van der Waals surface area contributed by atoms with Gasteiger partial charge in [-0.2, -0.15) is 0 Å². The molecule has 1 saturated carbocycles. The third-order valence-corrected chi connectivity index (χ3v) is 13.7. The fourth-order valence-corrected chi connectivity index (χ4v) is 10.8. The van der Waals surface area contributed by atoms with Gasteiger partial charge in [-0.1, -0.05) is 41.9 Å². The lowest BCUT2D eigenvalue weighted by molar-refractivity contribution is -0.0808. The second-order valence-corrected chi connectivity index (χ2v) is 17.7. The Morgan fingerprint density at radius 3 is 2.25 bits per heavy atom. The van der Waals surface area contributed by atoms with Crippen LogP contribution in [0.3, 0.4) is 0 Å². The Balaban J connectivity index is 1.61. The summed E-state index contributed by atoms with van der Waals surface area (Å²) in [5.74, 6) is 2.28. The predicted octanol–water partition coefficient (Wildman–Crippen LogP) is 5.99. The van der Waals surface area contributed by atoms with E-state index in [9.17, 15) is 30.6 Å². The lowest BCUT2D eigenvalue weighted by Crippen LogP contribution is -2.38. The number of benzene rings is 2. The van der Waals surface area contributed by atoms with E-state index in [1.807, 2.05) is 13.1 Å². The third-order valence-electron chi connectivity index (χ3n) is 10.9. The predicted molar refractivity (Wildman–Crippen MR) is 211 cm³/mol. The summed E-state index contributed by atoms with van der Waals surface area (Å²) < 4.78 is 23.1. The highest BCUT2D eigenvalue weighted by molar-refractivity contribution is 8.76. The normalized spacial score (nSPS) is 27.3. The number of ether oxygens (including phenoxy) is 4. The molecule has 1 heterocycles. The first-order chi connectivity index (χ1) is 25.5. The number of aromatic hydroxyl groups is 2. The standard InChI is InChI=1S/C40H63NO10S2/c1-24(2)6-7-26-17-30(11-9-28(26)21-41-3)51-36-18-27-8-10-29(50-23-43)19-33(44)32(14-25-15-37(48-4)40(47)38(16-25)49-5)35(46)22-52-53-39(12-13-42)31(27)20-34(36)45/h15-16,18,20,24,26,28-30,32-33,35,39,41-47H,6-14,17,19,21-23H2,1-5H3. The van der Waals surface area contributed by atoms with Gasteiger partial charge in [0.05, 0.1) is 38.6 Å². The Morgan fingerprint density at radius 1 is 0.868 bits per heavy atom. The van der Waals surface area contributed by atoms with Crippen LogP contribution >= 0.6 is 21.6 Å². The number of aliphatic hydroxyl groups is 4. The SMILES string of the molecule is CNCC1CCC(Oc2cc3c(cc2O)C(CCO)SSCC(O)C(Cc2cc(OC)c(O)c(OC)c2)C(O)CC(OCO)CC3)CC1CCC(C)C. The molecule has 300 valence electrons. The molecule has 4 rings (SSSR count). The summed E-state index contributed by atoms with van der Waals surface area (Å²) in [4.78, 5) is 0. The fraction of sp³-hybridized carbons (Fsp3) is 0.700. The van der Waals surface area contributed by atoms with Crippen molar-refractivity contribution in [3.63, 3.8) is 0 Å². The van der Waals surface area contributed by atoms with E-state index in [0.29, 0.717) is 48.3 Å². The lowest BCUT2D eigenvalue weighted by Gasteiger charge is -2.37. The van der Waals surface area contributed by atoms with E-state index in [1.165, 1.54) is 42.2 Å². The first-order valence-corrected chi connectivity index (χ1v) is 21.5. The maximum Gasteiger partial charge on any atom is 0.200 e. The van der Waals surface area contributed by atoms with Gasteiger partial charge in [-0.3, -0.25) is 0 Å². The number of aliphatic hydroxyl groups excluding tert-OH is 4. The molecule has 8 unspecified atom stereocenters. The summed E-state index contributed by atoms with van der Waals surface area (Å²) in [6.45, 7) is 4.93. The van der Waals surface area contributed by atoms with Crippen LogP contribution in [0.2, 0.25) is 0 Å². The number of phenols is 2. The van der Waals surface area contributed by atoms with Gasteiger partial charge in [0.15, 0.2) is 23.0 Å². The van der Waals surface area contributed by atoms with Crippen LogP contribution in [0.4, 0.5) is 0 Å². The highest BCUT2D eigenvalue weighted by atomic mass is 33.1. The van der Waals surface area contributed by atoms with Crippen molar-refractivity contribution in [3.05, 3.63) is 41.0 Å². The monoisotopic (exact) mass is 781 g/mol. The molecular weight excluding hydrogens is 719 g/mol. The molecule has 7 N–H and O–H groups in total. The zero-order valence-electron chi connectivity index (χ0n) is 32.0. The molecule has 2 aromatic carbocycles. The molecule has 8 atom stereocenters. The van der Waals surface area contributed by atoms with Crippen LogP contribution in [-0.2, 0) is 17.6 Å². The number of fused-ring (bicyclic) bond motifs is 1. The molecule has 1 fully saturated rings. The fourth-order valence-electron chi connectivity index (χ4n) is 7.93. The van der Waals surface area contributed by atoms with Crippen LogP contribution in [-0.4, -0.2) is 102 Å². The summed E-state index contributed by atoms with van der Waals surface area (Å²) >= 11 is 0. The summed E-state index contributed by atoms with van der Waals surface area (Å²) in [5, 5.41) is 68.2. The van der Waals surface area contributed by atoms with Crippen molar-refractivity contribution in [2.24, 2.45) is 23.7 Å². The third kappa shape index (κ3) is 12.4. The molecule has 0 saturated heterocycles. The minimum atomic E-state index is -0.994. The number of phenolic OH excluding ortho intramolecular Hbond substituents is 2. The molecule has 11 nitrogen and oxygen atoms in total. The molecule has 0 radical (unpaired) electrons. The number of nitrogens with one attached hydrogen (secondary N) is 1. The maximum absolute atomic E-state index is 11.7. The molecule has 0 spiro atoms. The van der Waals surface area contributed by atoms with Gasteiger partial charge < -0.3 is 54.9 Å². The molecule has 2 aromatic rings. The van der Waals surface area contributed by atoms with Gasteiger partial charge >= 0.3 is 0 Å². The summed E-state index contributed by atoms with van der Waals surface area (Å²) in [6, 6.07) is 7.03. The van der Waals surface area contributed by atoms with Crippen molar-refractivity contribution >= 4 is 21.6 Å². The van der Waals surface area contributed by atoms with Crippen LogP contribution < -0.4 is 19.5 Å². The van der Waals surface area contributed by atoms with Crippen molar-refractivity contribution in [2.45, 2.75) is 108 Å². The Hall–Kier alpha value is -2.10. The van der Waals surface area contributed by atoms with Crippen LogP contribution in [0.5, 0.6) is 28.7 Å². The van der Waals surface area contributed by atoms with Crippen LogP contribution in [0.25, 0.3) is 0 Å². The van der Waals surface area contributed by atoms with Crippen molar-refractivity contribution in [1.29, 1.82) is 0 Å². The molecule has 1 aliphatic carbocycles. The minimum absolute atomic E-state index is 0.00953. The zero-order chi connectivity index (χ0) is 38.5. The molecule has 0 amide bonds. The van der Waals surface area contributed by atoms with E-state index in [2.05, 4.69) is 19.2 Å². The van der Waals surface area contributed by atoms with Gasteiger partial charge in [0.25, 0.3) is 0 Å². The molecule has 0 bridgehead atoms. The summed E-state index contributed by atoms with van der Waals surface area (Å²) in [5.41, 5.74) is 2.53. The first kappa shape index (κ1) is 43.6. The summed E-state index contributed by atoms with van der Waals surface area (Å²) in [7, 11) is 7.88. The van der Waals surface area contributed by atoms with E-state index in [-0.39, 0.29) is 59.6 Å². The van der Waals surface area contributed by atoms with E-state index < -0.39 is 31.0 Å². The van der Waals surface area contributed by atoms with Gasteiger partial charge in [-0.25, -0.2) is 0 Å². The van der Waals surface area contributed by atoms with E-state index in [1.54, 1.807) is 18.2 Å². The van der Waals surface area contributed by atoms with E-state index in [0.717, 1.165) is 43.4 Å². The quantitative estimate of drug-likeness (QED) is 0.0832. The second-order valence-electron chi connectivity index (χ2n) is 15.0. The number of rotatable bonds is 15. The molecule has 2 aliphatic rings. The number of hydrogen-bond donors (Lipinski definition) is 7. The zero-order valence-corrected chi connectivity index (χ0v) is 33.7. The van der Waals surface area contributed by atoms with E-state index >= 15 is 0 Å². The lowest BCUT2D eigenvalue weighted by atomic mass is 9.75. The highest BCUT2D eigenvalue weighted by Gasteiger charge is 2.34. The number of hydrogen-bond acceptors (Lipinski definition) is 13. The molecule has 1 aliphatic heterocycles. The van der Waals surface area contributed by atoms with Gasteiger partial charge in [0, 0.05) is 23.5 Å². The number of methoxy groups -OCH3 is 2. The van der Waals surface area contributed by atoms with Crippen molar-refractivity contribution in [1.82, 2.24) is 5.32 Å². The second kappa shape index (κ2) is 21.8. The molecule has 53 heavy (non-hydrogen) atoms. The van der Waals surface area contributed by atoms with Gasteiger partial charge in [-0.05, 0) is 130 Å². The largest absolute Gasteiger partial charge is 0.504 e. The Bertz CT molecular complexity index is 1370. The van der Waals surface area contributed by atoms with E-state index in [4.69, 9.17) is 18.9 Å². The first-order valence-electron chi connectivity index (χ1n) is 19.1. The Kier molecular flexibility index (Phi) is 18.0.